The Morgan fingerprint density at radius 3 is 2.72 bits per heavy atom. The molecule has 18 heavy (non-hydrogen) atoms. The molecule has 1 nitrogen and oxygen atoms in total. The zero-order chi connectivity index (χ0) is 12.7. The summed E-state index contributed by atoms with van der Waals surface area (Å²) in [4.78, 5) is 2.08. The number of hydrogen-bond acceptors (Lipinski definition) is 1. The van der Waals surface area contributed by atoms with Crippen molar-refractivity contribution < 1.29 is 4.39 Å². The fraction of sp³-hybridized carbons (Fsp3) is 0.200. The average molecular weight is 306 g/mol. The van der Waals surface area contributed by atoms with E-state index in [1.54, 1.807) is 0 Å². The van der Waals surface area contributed by atoms with Crippen LogP contribution in [0, 0.1) is 5.82 Å². The van der Waals surface area contributed by atoms with Gasteiger partial charge >= 0.3 is 0 Å². The molecule has 0 saturated carbocycles. The zero-order valence-electron chi connectivity index (χ0n) is 10.0. The maximum Gasteiger partial charge on any atom is 0.147 e. The molecule has 0 bridgehead atoms. The SMILES string of the molecule is CC1Cc2ccccc2N1c1ccc(Br)cc1F. The highest BCUT2D eigenvalue weighted by Crippen LogP contribution is 2.39. The fourth-order valence-electron chi connectivity index (χ4n) is 2.61. The maximum atomic E-state index is 14.1. The van der Waals surface area contributed by atoms with Crippen LogP contribution >= 0.6 is 15.9 Å². The predicted molar refractivity (Wildman–Crippen MR) is 75.8 cm³/mol. The topological polar surface area (TPSA) is 3.24 Å². The van der Waals surface area contributed by atoms with E-state index in [9.17, 15) is 4.39 Å². The summed E-state index contributed by atoms with van der Waals surface area (Å²) in [5.41, 5.74) is 3.05. The van der Waals surface area contributed by atoms with E-state index in [0.29, 0.717) is 5.69 Å². The molecule has 1 heterocycles. The molecule has 1 unspecified atom stereocenters. The largest absolute Gasteiger partial charge is 0.336 e. The highest BCUT2D eigenvalue weighted by Gasteiger charge is 2.28. The molecule has 0 spiro atoms. The average Bonchev–Trinajstić information content (AvgIpc) is 2.66. The first-order valence-electron chi connectivity index (χ1n) is 5.99. The molecular weight excluding hydrogens is 293 g/mol. The highest BCUT2D eigenvalue weighted by atomic mass is 79.9. The second-order valence-electron chi connectivity index (χ2n) is 4.65. The highest BCUT2D eigenvalue weighted by molar-refractivity contribution is 9.10. The smallest absolute Gasteiger partial charge is 0.147 e. The molecule has 2 aromatic carbocycles. The third-order valence-electron chi connectivity index (χ3n) is 3.38. The van der Waals surface area contributed by atoms with Crippen LogP contribution in [0.3, 0.4) is 0 Å². The van der Waals surface area contributed by atoms with E-state index >= 15 is 0 Å². The first-order chi connectivity index (χ1) is 8.66. The molecule has 1 atom stereocenters. The van der Waals surface area contributed by atoms with Gasteiger partial charge in [-0.15, -0.1) is 0 Å². The van der Waals surface area contributed by atoms with Crippen LogP contribution in [0.15, 0.2) is 46.9 Å². The first kappa shape index (κ1) is 11.7. The number of nitrogens with zero attached hydrogens (tertiary/aromatic N) is 1. The van der Waals surface area contributed by atoms with Gasteiger partial charge in [0, 0.05) is 16.2 Å². The molecule has 0 aromatic heterocycles. The number of para-hydroxylation sites is 1. The van der Waals surface area contributed by atoms with E-state index in [1.165, 1.54) is 11.6 Å². The van der Waals surface area contributed by atoms with Gasteiger partial charge in [-0.2, -0.15) is 0 Å². The zero-order valence-corrected chi connectivity index (χ0v) is 11.6. The van der Waals surface area contributed by atoms with Gasteiger partial charge in [-0.05, 0) is 43.2 Å². The summed E-state index contributed by atoms with van der Waals surface area (Å²) in [7, 11) is 0. The quantitative estimate of drug-likeness (QED) is 0.740. The summed E-state index contributed by atoms with van der Waals surface area (Å²) in [6.07, 6.45) is 0.964. The molecule has 0 N–H and O–H groups in total. The van der Waals surface area contributed by atoms with E-state index in [-0.39, 0.29) is 11.9 Å². The van der Waals surface area contributed by atoms with Crippen LogP contribution in [0.1, 0.15) is 12.5 Å². The summed E-state index contributed by atoms with van der Waals surface area (Å²) >= 11 is 3.29. The maximum absolute atomic E-state index is 14.1. The summed E-state index contributed by atoms with van der Waals surface area (Å²) in [5.74, 6) is -0.187. The Morgan fingerprint density at radius 2 is 1.94 bits per heavy atom. The minimum atomic E-state index is -0.187. The van der Waals surface area contributed by atoms with Gasteiger partial charge in [0.15, 0.2) is 0 Å². The molecule has 0 fully saturated rings. The molecular formula is C15H13BrFN. The Labute approximate surface area is 114 Å². The Kier molecular flexibility index (Phi) is 2.86. The molecule has 0 radical (unpaired) electrons. The predicted octanol–water partition coefficient (Wildman–Crippen LogP) is 4.67. The monoisotopic (exact) mass is 305 g/mol. The van der Waals surface area contributed by atoms with Crippen molar-refractivity contribution in [3.63, 3.8) is 0 Å². The first-order valence-corrected chi connectivity index (χ1v) is 6.78. The molecule has 2 aromatic rings. The third-order valence-corrected chi connectivity index (χ3v) is 3.87. The van der Waals surface area contributed by atoms with Gasteiger partial charge in [0.05, 0.1) is 5.69 Å². The number of halogens is 2. The van der Waals surface area contributed by atoms with Crippen molar-refractivity contribution >= 4 is 27.3 Å². The number of anilines is 2. The van der Waals surface area contributed by atoms with Crippen LogP contribution in [-0.2, 0) is 6.42 Å². The standard InChI is InChI=1S/C15H13BrFN/c1-10-8-11-4-2-3-5-14(11)18(10)15-7-6-12(16)9-13(15)17/h2-7,9-10H,8H2,1H3. The van der Waals surface area contributed by atoms with Crippen LogP contribution in [0.2, 0.25) is 0 Å². The number of hydrogen-bond donors (Lipinski definition) is 0. The lowest BCUT2D eigenvalue weighted by atomic mass is 10.1. The van der Waals surface area contributed by atoms with Crippen molar-refractivity contribution in [2.24, 2.45) is 0 Å². The van der Waals surface area contributed by atoms with Gasteiger partial charge in [0.1, 0.15) is 5.82 Å². The molecule has 0 amide bonds. The van der Waals surface area contributed by atoms with Crippen LogP contribution in [0.5, 0.6) is 0 Å². The van der Waals surface area contributed by atoms with Gasteiger partial charge < -0.3 is 4.90 Å². The fourth-order valence-corrected chi connectivity index (χ4v) is 2.94. The Morgan fingerprint density at radius 1 is 1.17 bits per heavy atom. The summed E-state index contributed by atoms with van der Waals surface area (Å²) < 4.78 is 14.9. The molecule has 3 heteroatoms. The second kappa shape index (κ2) is 4.39. The van der Waals surface area contributed by atoms with Crippen molar-refractivity contribution in [2.45, 2.75) is 19.4 Å². The Balaban J connectivity index is 2.12. The normalized spacial score (nSPS) is 17.9. The van der Waals surface area contributed by atoms with Crippen LogP contribution in [-0.4, -0.2) is 6.04 Å². The van der Waals surface area contributed by atoms with Gasteiger partial charge in [-0.25, -0.2) is 4.39 Å². The lowest BCUT2D eigenvalue weighted by Crippen LogP contribution is -2.24. The van der Waals surface area contributed by atoms with Gasteiger partial charge in [-0.3, -0.25) is 0 Å². The van der Waals surface area contributed by atoms with Crippen LogP contribution in [0.25, 0.3) is 0 Å². The molecule has 92 valence electrons. The molecule has 1 aliphatic rings. The van der Waals surface area contributed by atoms with E-state index in [2.05, 4.69) is 39.9 Å². The molecule has 3 rings (SSSR count). The third kappa shape index (κ3) is 1.83. The lowest BCUT2D eigenvalue weighted by Gasteiger charge is -2.25. The van der Waals surface area contributed by atoms with Crippen molar-refractivity contribution in [1.29, 1.82) is 0 Å². The van der Waals surface area contributed by atoms with Crippen molar-refractivity contribution in [1.82, 2.24) is 0 Å². The summed E-state index contributed by atoms with van der Waals surface area (Å²) in [6, 6.07) is 13.7. The Bertz CT molecular complexity index is 597. The summed E-state index contributed by atoms with van der Waals surface area (Å²) in [5, 5.41) is 0. The second-order valence-corrected chi connectivity index (χ2v) is 5.56. The number of fused-ring (bicyclic) bond motifs is 1. The van der Waals surface area contributed by atoms with Gasteiger partial charge in [-0.1, -0.05) is 34.1 Å². The minimum Gasteiger partial charge on any atom is -0.336 e. The van der Waals surface area contributed by atoms with E-state index in [1.807, 2.05) is 24.3 Å². The molecule has 0 saturated heterocycles. The molecule has 1 aliphatic heterocycles. The van der Waals surface area contributed by atoms with Crippen LogP contribution in [0.4, 0.5) is 15.8 Å². The van der Waals surface area contributed by atoms with E-state index in [4.69, 9.17) is 0 Å². The Hall–Kier alpha value is -1.35. The molecule has 0 aliphatic carbocycles. The van der Waals surface area contributed by atoms with E-state index < -0.39 is 0 Å². The van der Waals surface area contributed by atoms with Gasteiger partial charge in [0.25, 0.3) is 0 Å². The van der Waals surface area contributed by atoms with Crippen molar-refractivity contribution in [3.05, 3.63) is 58.3 Å². The number of benzene rings is 2. The van der Waals surface area contributed by atoms with Gasteiger partial charge in [0.2, 0.25) is 0 Å². The summed E-state index contributed by atoms with van der Waals surface area (Å²) in [6.45, 7) is 2.13. The van der Waals surface area contributed by atoms with E-state index in [0.717, 1.165) is 16.6 Å². The minimum absolute atomic E-state index is 0.187. The van der Waals surface area contributed by atoms with Crippen molar-refractivity contribution in [3.8, 4) is 0 Å². The number of rotatable bonds is 1. The lowest BCUT2D eigenvalue weighted by molar-refractivity contribution is 0.617. The van der Waals surface area contributed by atoms with Crippen LogP contribution < -0.4 is 4.90 Å². The van der Waals surface area contributed by atoms with Crippen molar-refractivity contribution in [2.75, 3.05) is 4.90 Å².